The maximum absolute atomic E-state index is 12.9. The summed E-state index contributed by atoms with van der Waals surface area (Å²) >= 11 is 0. The van der Waals surface area contributed by atoms with Crippen LogP contribution in [-0.2, 0) is 4.74 Å². The lowest BCUT2D eigenvalue weighted by Gasteiger charge is -2.36. The van der Waals surface area contributed by atoms with Crippen LogP contribution >= 0.6 is 0 Å². The topological polar surface area (TPSA) is 104 Å². The molecule has 178 valence electrons. The first kappa shape index (κ1) is 22.1. The van der Waals surface area contributed by atoms with E-state index < -0.39 is 0 Å². The highest BCUT2D eigenvalue weighted by Crippen LogP contribution is 2.34. The van der Waals surface area contributed by atoms with Crippen LogP contribution in [-0.4, -0.2) is 41.9 Å². The highest BCUT2D eigenvalue weighted by molar-refractivity contribution is 6.15. The largest absolute Gasteiger partial charge is 0.398 e. The van der Waals surface area contributed by atoms with Crippen LogP contribution in [0.4, 0.5) is 11.4 Å². The predicted molar refractivity (Wildman–Crippen MR) is 138 cm³/mol. The second kappa shape index (κ2) is 9.27. The number of ether oxygens (including phenoxy) is 1. The molecule has 2 fully saturated rings. The molecular weight excluding hydrogens is 426 g/mol. The summed E-state index contributed by atoms with van der Waals surface area (Å²) < 4.78 is 5.69. The van der Waals surface area contributed by atoms with E-state index in [4.69, 9.17) is 15.9 Å². The summed E-state index contributed by atoms with van der Waals surface area (Å²) in [5.41, 5.74) is 10.7. The second-order valence-corrected chi connectivity index (χ2v) is 9.00. The number of hydrogen-bond acceptors (Lipinski definition) is 6. The van der Waals surface area contributed by atoms with Crippen molar-refractivity contribution >= 4 is 23.0 Å². The minimum Gasteiger partial charge on any atom is -0.398 e. The average molecular weight is 460 g/mol. The number of carbonyl (C=O) groups excluding carboxylic acids is 1. The number of fused-ring (bicyclic) bond motifs is 2. The van der Waals surface area contributed by atoms with Crippen molar-refractivity contribution in [1.29, 1.82) is 5.41 Å². The van der Waals surface area contributed by atoms with E-state index in [9.17, 15) is 4.79 Å². The summed E-state index contributed by atoms with van der Waals surface area (Å²) in [5, 5.41) is 11.7. The van der Waals surface area contributed by atoms with Crippen molar-refractivity contribution in [2.24, 2.45) is 0 Å². The molecule has 2 saturated heterocycles. The van der Waals surface area contributed by atoms with Crippen molar-refractivity contribution in [2.45, 2.75) is 37.9 Å². The first-order chi connectivity index (χ1) is 16.5. The van der Waals surface area contributed by atoms with Gasteiger partial charge in [-0.3, -0.25) is 15.2 Å². The van der Waals surface area contributed by atoms with Gasteiger partial charge in [-0.25, -0.2) is 0 Å². The van der Waals surface area contributed by atoms with Gasteiger partial charge in [0.2, 0.25) is 0 Å². The van der Waals surface area contributed by atoms with Crippen LogP contribution in [0, 0.1) is 5.41 Å². The third kappa shape index (κ3) is 4.26. The molecule has 0 aliphatic carbocycles. The monoisotopic (exact) mass is 459 g/mol. The molecule has 0 radical (unpaired) electrons. The normalized spacial score (nSPS) is 20.1. The van der Waals surface area contributed by atoms with E-state index in [0.717, 1.165) is 43.0 Å². The molecule has 3 atom stereocenters. The number of rotatable bonds is 6. The maximum Gasteiger partial charge on any atom is 0.251 e. The number of nitrogens with one attached hydrogen (secondary N) is 2. The van der Waals surface area contributed by atoms with Gasteiger partial charge in [0, 0.05) is 37.1 Å². The van der Waals surface area contributed by atoms with Gasteiger partial charge in [0.15, 0.2) is 0 Å². The first-order valence-corrected chi connectivity index (χ1v) is 11.7. The number of hydrogen-bond donors (Lipinski definition) is 3. The van der Waals surface area contributed by atoms with Crippen molar-refractivity contribution in [1.82, 2.24) is 10.3 Å². The molecule has 4 N–H and O–H groups in total. The van der Waals surface area contributed by atoms with Gasteiger partial charge < -0.3 is 20.7 Å². The summed E-state index contributed by atoms with van der Waals surface area (Å²) in [4.78, 5) is 19.6. The van der Waals surface area contributed by atoms with E-state index >= 15 is 0 Å². The maximum atomic E-state index is 12.9. The molecule has 1 aromatic heterocycles. The summed E-state index contributed by atoms with van der Waals surface area (Å²) in [6, 6.07) is 19.4. The minimum atomic E-state index is -0.239. The van der Waals surface area contributed by atoms with Crippen LogP contribution in [0.15, 0.2) is 66.9 Å². The van der Waals surface area contributed by atoms with E-state index in [1.807, 2.05) is 37.3 Å². The Kier molecular flexibility index (Phi) is 6.02. The van der Waals surface area contributed by atoms with Gasteiger partial charge >= 0.3 is 0 Å². The van der Waals surface area contributed by atoms with E-state index in [1.54, 1.807) is 24.4 Å². The Balaban J connectivity index is 0.00000180. The Morgan fingerprint density at radius 3 is 2.50 bits per heavy atom. The Bertz CT molecular complexity index is 1190. The van der Waals surface area contributed by atoms with Crippen molar-refractivity contribution in [3.63, 3.8) is 0 Å². The summed E-state index contributed by atoms with van der Waals surface area (Å²) in [6.45, 7) is 3.44. The van der Waals surface area contributed by atoms with Gasteiger partial charge in [0.1, 0.15) is 0 Å². The number of amides is 1. The third-order valence-corrected chi connectivity index (χ3v) is 6.76. The predicted octanol–water partition coefficient (Wildman–Crippen LogP) is 4.43. The average Bonchev–Trinajstić information content (AvgIpc) is 3.12. The first-order valence-electron chi connectivity index (χ1n) is 11.7. The van der Waals surface area contributed by atoms with E-state index in [2.05, 4.69) is 27.3 Å². The van der Waals surface area contributed by atoms with Crippen LogP contribution in [0.5, 0.6) is 0 Å². The van der Waals surface area contributed by atoms with E-state index in [1.165, 1.54) is 0 Å². The highest BCUT2D eigenvalue weighted by Gasteiger charge is 2.37. The molecule has 0 spiro atoms. The molecule has 1 unspecified atom stereocenters. The van der Waals surface area contributed by atoms with Crippen molar-refractivity contribution in [3.8, 4) is 0 Å². The summed E-state index contributed by atoms with van der Waals surface area (Å²) in [7, 11) is 0. The van der Waals surface area contributed by atoms with Crippen LogP contribution in [0.3, 0.4) is 0 Å². The van der Waals surface area contributed by atoms with Crippen LogP contribution in [0.25, 0.3) is 0 Å². The van der Waals surface area contributed by atoms with Crippen LogP contribution < -0.4 is 16.0 Å². The van der Waals surface area contributed by atoms with Crippen molar-refractivity contribution < 1.29 is 12.4 Å². The Morgan fingerprint density at radius 1 is 1.12 bits per heavy atom. The van der Waals surface area contributed by atoms with Crippen LogP contribution in [0.2, 0.25) is 0 Å². The van der Waals surface area contributed by atoms with E-state index in [0.29, 0.717) is 34.6 Å². The number of pyridine rings is 1. The van der Waals surface area contributed by atoms with Gasteiger partial charge in [-0.2, -0.15) is 0 Å². The molecule has 3 heterocycles. The van der Waals surface area contributed by atoms with Gasteiger partial charge in [0.25, 0.3) is 5.91 Å². The zero-order valence-electron chi connectivity index (χ0n) is 19.2. The van der Waals surface area contributed by atoms with Crippen LogP contribution in [0.1, 0.15) is 55.8 Å². The fourth-order valence-corrected chi connectivity index (χ4v) is 4.91. The highest BCUT2D eigenvalue weighted by atomic mass is 16.5. The SMILES string of the molecule is C[C@H](NC(=O)c1ccc(N)c(C(=N)c2ccc(N3C4CC[C@@H]3COC4)cc2)c1)c1ccccn1.[HH].[HH]. The lowest BCUT2D eigenvalue weighted by atomic mass is 9.98. The van der Waals surface area contributed by atoms with Gasteiger partial charge in [0.05, 0.1) is 42.7 Å². The van der Waals surface area contributed by atoms with Gasteiger partial charge in [-0.15, -0.1) is 0 Å². The van der Waals surface area contributed by atoms with Crippen molar-refractivity contribution in [3.05, 3.63) is 89.2 Å². The zero-order valence-corrected chi connectivity index (χ0v) is 19.2. The van der Waals surface area contributed by atoms with Gasteiger partial charge in [-0.1, -0.05) is 18.2 Å². The molecule has 3 aromatic rings. The molecule has 1 amide bonds. The molecule has 0 saturated carbocycles. The number of aromatic nitrogens is 1. The summed E-state index contributed by atoms with van der Waals surface area (Å²) in [5.74, 6) is -0.231. The lowest BCUT2D eigenvalue weighted by molar-refractivity contribution is 0.0906. The number of morpholine rings is 1. The standard InChI is InChI=1S/C27H29N5O2.2H2/c1-17(25-4-2-3-13-30-25)31-27(33)19-7-12-24(28)23(14-19)26(29)18-5-8-20(9-6-18)32-21-10-11-22(32)16-34-15-21;;/h2-9,12-14,17,21-22,29H,10-11,15-16,28H2,1H3,(H,31,33);2*1H/t17-,21+,22?;;/m0../s1. The number of carbonyl (C=O) groups is 1. The molecule has 2 aliphatic rings. The minimum absolute atomic E-state index is 0. The third-order valence-electron chi connectivity index (χ3n) is 6.76. The Labute approximate surface area is 202 Å². The fourth-order valence-electron chi connectivity index (χ4n) is 4.91. The lowest BCUT2D eigenvalue weighted by Crippen LogP contribution is -2.45. The van der Waals surface area contributed by atoms with Crippen molar-refractivity contribution in [2.75, 3.05) is 23.8 Å². The zero-order chi connectivity index (χ0) is 23.7. The molecule has 2 aliphatic heterocycles. The molecule has 7 nitrogen and oxygen atoms in total. The summed E-state index contributed by atoms with van der Waals surface area (Å²) in [6.07, 6.45) is 4.02. The molecular formula is C27H33N5O2. The number of benzene rings is 2. The molecule has 2 aromatic carbocycles. The quantitative estimate of drug-likeness (QED) is 0.374. The number of nitrogen functional groups attached to an aromatic ring is 1. The van der Waals surface area contributed by atoms with E-state index in [-0.39, 0.29) is 14.8 Å². The number of nitrogens with zero attached hydrogens (tertiary/aromatic N) is 2. The Morgan fingerprint density at radius 2 is 1.82 bits per heavy atom. The van der Waals surface area contributed by atoms with Gasteiger partial charge in [-0.05, 0) is 62.2 Å². The Hall–Kier alpha value is -3.71. The molecule has 2 bridgehead atoms. The number of anilines is 2. The second-order valence-electron chi connectivity index (χ2n) is 9.00. The smallest absolute Gasteiger partial charge is 0.251 e. The number of nitrogens with two attached hydrogens (primary N) is 1. The molecule has 5 rings (SSSR count). The fraction of sp³-hybridized carbons (Fsp3) is 0.296. The molecule has 34 heavy (non-hydrogen) atoms. The molecule has 7 heteroatoms.